The van der Waals surface area contributed by atoms with E-state index >= 15 is 0 Å². The Kier molecular flexibility index (Phi) is 8.32. The normalized spacial score (nSPS) is 9.84. The first-order chi connectivity index (χ1) is 8.96. The lowest BCUT2D eigenvalue weighted by Gasteiger charge is -2.22. The minimum atomic E-state index is -0.953. The zero-order valence-electron chi connectivity index (χ0n) is 11.8. The SMILES string of the molecule is CCN(CC)C(=O)CNC(=O)N(CC)CCC(=O)O. The van der Waals surface area contributed by atoms with Crippen LogP contribution in [0.2, 0.25) is 0 Å². The molecule has 7 heteroatoms. The van der Waals surface area contributed by atoms with Crippen molar-refractivity contribution in [2.75, 3.05) is 32.7 Å². The average molecular weight is 273 g/mol. The molecule has 0 bridgehead atoms. The number of carboxylic acids is 1. The monoisotopic (exact) mass is 273 g/mol. The Hall–Kier alpha value is -1.79. The van der Waals surface area contributed by atoms with E-state index in [0.29, 0.717) is 19.6 Å². The maximum absolute atomic E-state index is 11.7. The molecule has 0 aromatic carbocycles. The molecule has 0 fully saturated rings. The number of rotatable bonds is 8. The highest BCUT2D eigenvalue weighted by Crippen LogP contribution is 1.94. The number of nitrogens with zero attached hydrogens (tertiary/aromatic N) is 2. The molecule has 2 N–H and O–H groups in total. The van der Waals surface area contributed by atoms with E-state index in [1.807, 2.05) is 13.8 Å². The van der Waals surface area contributed by atoms with Crippen LogP contribution in [0.4, 0.5) is 4.79 Å². The number of aliphatic carboxylic acids is 1. The van der Waals surface area contributed by atoms with E-state index in [-0.39, 0.29) is 25.4 Å². The van der Waals surface area contributed by atoms with Crippen molar-refractivity contribution in [3.63, 3.8) is 0 Å². The van der Waals surface area contributed by atoms with Gasteiger partial charge in [0.1, 0.15) is 0 Å². The van der Waals surface area contributed by atoms with Gasteiger partial charge < -0.3 is 20.2 Å². The molecular formula is C12H23N3O4. The van der Waals surface area contributed by atoms with Crippen LogP contribution in [0, 0.1) is 0 Å². The lowest BCUT2D eigenvalue weighted by molar-refractivity contribution is -0.137. The summed E-state index contributed by atoms with van der Waals surface area (Å²) in [5, 5.41) is 11.1. The summed E-state index contributed by atoms with van der Waals surface area (Å²) in [5.41, 5.74) is 0. The lowest BCUT2D eigenvalue weighted by Crippen LogP contribution is -2.46. The Morgan fingerprint density at radius 2 is 1.53 bits per heavy atom. The number of urea groups is 1. The van der Waals surface area contributed by atoms with Gasteiger partial charge >= 0.3 is 12.0 Å². The second-order valence-electron chi connectivity index (χ2n) is 3.95. The van der Waals surface area contributed by atoms with Gasteiger partial charge in [0.25, 0.3) is 0 Å². The standard InChI is InChI=1S/C12H23N3O4/c1-4-14(5-2)10(16)9-13-12(19)15(6-3)8-7-11(17)18/h4-9H2,1-3H3,(H,13,19)(H,17,18). The van der Waals surface area contributed by atoms with Crippen molar-refractivity contribution in [1.29, 1.82) is 0 Å². The summed E-state index contributed by atoms with van der Waals surface area (Å²) in [6, 6.07) is -0.413. The third kappa shape index (κ3) is 6.64. The van der Waals surface area contributed by atoms with Gasteiger partial charge in [0.2, 0.25) is 5.91 Å². The fourth-order valence-corrected chi connectivity index (χ4v) is 1.59. The first-order valence-electron chi connectivity index (χ1n) is 6.48. The molecule has 0 aromatic rings. The van der Waals surface area contributed by atoms with Crippen molar-refractivity contribution < 1.29 is 19.5 Å². The summed E-state index contributed by atoms with van der Waals surface area (Å²) < 4.78 is 0. The van der Waals surface area contributed by atoms with Crippen LogP contribution in [0.15, 0.2) is 0 Å². The number of nitrogens with one attached hydrogen (secondary N) is 1. The molecule has 0 aromatic heterocycles. The molecule has 7 nitrogen and oxygen atoms in total. The number of hydrogen-bond donors (Lipinski definition) is 2. The molecule has 0 aliphatic rings. The fourth-order valence-electron chi connectivity index (χ4n) is 1.59. The third-order valence-corrected chi connectivity index (χ3v) is 2.77. The Morgan fingerprint density at radius 3 is 1.95 bits per heavy atom. The van der Waals surface area contributed by atoms with Crippen LogP contribution in [0.25, 0.3) is 0 Å². The van der Waals surface area contributed by atoms with Crippen molar-refractivity contribution in [3.8, 4) is 0 Å². The summed E-state index contributed by atoms with van der Waals surface area (Å²) >= 11 is 0. The lowest BCUT2D eigenvalue weighted by atomic mass is 10.4. The molecule has 3 amide bonds. The molecule has 0 saturated heterocycles. The van der Waals surface area contributed by atoms with Crippen LogP contribution in [-0.4, -0.2) is 65.5 Å². The van der Waals surface area contributed by atoms with Crippen LogP contribution >= 0.6 is 0 Å². The first kappa shape index (κ1) is 17.2. The molecule has 0 aliphatic heterocycles. The molecule has 0 rings (SSSR count). The Labute approximate surface area is 113 Å². The first-order valence-corrected chi connectivity index (χ1v) is 6.48. The van der Waals surface area contributed by atoms with E-state index in [4.69, 9.17) is 5.11 Å². The Bertz CT molecular complexity index is 316. The highest BCUT2D eigenvalue weighted by molar-refractivity contribution is 5.84. The molecule has 0 spiro atoms. The van der Waals surface area contributed by atoms with Gasteiger partial charge in [-0.25, -0.2) is 4.79 Å². The minimum absolute atomic E-state index is 0.0654. The minimum Gasteiger partial charge on any atom is -0.481 e. The molecular weight excluding hydrogens is 250 g/mol. The molecule has 0 saturated carbocycles. The van der Waals surface area contributed by atoms with Crippen LogP contribution in [0.5, 0.6) is 0 Å². The van der Waals surface area contributed by atoms with Crippen molar-refractivity contribution >= 4 is 17.9 Å². The number of hydrogen-bond acceptors (Lipinski definition) is 3. The fraction of sp³-hybridized carbons (Fsp3) is 0.750. The van der Waals surface area contributed by atoms with E-state index in [0.717, 1.165) is 0 Å². The van der Waals surface area contributed by atoms with Crippen LogP contribution in [-0.2, 0) is 9.59 Å². The second-order valence-corrected chi connectivity index (χ2v) is 3.95. The second kappa shape index (κ2) is 9.18. The average Bonchev–Trinajstić information content (AvgIpc) is 2.38. The largest absolute Gasteiger partial charge is 0.481 e. The summed E-state index contributed by atoms with van der Waals surface area (Å²) in [7, 11) is 0. The molecule has 0 aliphatic carbocycles. The van der Waals surface area contributed by atoms with E-state index < -0.39 is 12.0 Å². The van der Waals surface area contributed by atoms with E-state index in [2.05, 4.69) is 5.32 Å². The van der Waals surface area contributed by atoms with E-state index in [1.54, 1.807) is 11.8 Å². The van der Waals surface area contributed by atoms with Gasteiger partial charge in [0.15, 0.2) is 0 Å². The molecule has 0 radical (unpaired) electrons. The zero-order chi connectivity index (χ0) is 14.8. The van der Waals surface area contributed by atoms with Crippen molar-refractivity contribution in [1.82, 2.24) is 15.1 Å². The highest BCUT2D eigenvalue weighted by atomic mass is 16.4. The number of carboxylic acid groups (broad SMARTS) is 1. The van der Waals surface area contributed by atoms with Gasteiger partial charge in [-0.15, -0.1) is 0 Å². The maximum Gasteiger partial charge on any atom is 0.317 e. The number of carbonyl (C=O) groups excluding carboxylic acids is 2. The maximum atomic E-state index is 11.7. The summed E-state index contributed by atoms with van der Waals surface area (Å²) in [6.45, 7) is 7.17. The third-order valence-electron chi connectivity index (χ3n) is 2.77. The topological polar surface area (TPSA) is 90.0 Å². The van der Waals surface area contributed by atoms with E-state index in [9.17, 15) is 14.4 Å². The van der Waals surface area contributed by atoms with Gasteiger partial charge in [0, 0.05) is 26.2 Å². The summed E-state index contributed by atoms with van der Waals surface area (Å²) in [6.07, 6.45) is -0.106. The van der Waals surface area contributed by atoms with Crippen LogP contribution < -0.4 is 5.32 Å². The van der Waals surface area contributed by atoms with Gasteiger partial charge in [-0.1, -0.05) is 0 Å². The van der Waals surface area contributed by atoms with Crippen molar-refractivity contribution in [2.24, 2.45) is 0 Å². The highest BCUT2D eigenvalue weighted by Gasteiger charge is 2.15. The smallest absolute Gasteiger partial charge is 0.317 e. The molecule has 0 unspecified atom stereocenters. The molecule has 0 heterocycles. The number of carbonyl (C=O) groups is 3. The molecule has 110 valence electrons. The van der Waals surface area contributed by atoms with Crippen molar-refractivity contribution in [3.05, 3.63) is 0 Å². The van der Waals surface area contributed by atoms with Gasteiger partial charge in [-0.2, -0.15) is 0 Å². The zero-order valence-corrected chi connectivity index (χ0v) is 11.8. The summed E-state index contributed by atoms with van der Waals surface area (Å²) in [5.74, 6) is -1.10. The van der Waals surface area contributed by atoms with Gasteiger partial charge in [-0.3, -0.25) is 9.59 Å². The van der Waals surface area contributed by atoms with Crippen LogP contribution in [0.1, 0.15) is 27.2 Å². The van der Waals surface area contributed by atoms with E-state index in [1.165, 1.54) is 4.90 Å². The van der Waals surface area contributed by atoms with Crippen LogP contribution in [0.3, 0.4) is 0 Å². The predicted octanol–water partition coefficient (Wildman–Crippen LogP) is 0.361. The number of likely N-dealkylation sites (N-methyl/N-ethyl adjacent to an activating group) is 1. The molecule has 19 heavy (non-hydrogen) atoms. The summed E-state index contributed by atoms with van der Waals surface area (Å²) in [4.78, 5) is 36.9. The predicted molar refractivity (Wildman–Crippen MR) is 70.8 cm³/mol. The Balaban J connectivity index is 4.19. The number of amides is 3. The van der Waals surface area contributed by atoms with Gasteiger partial charge in [0.05, 0.1) is 13.0 Å². The van der Waals surface area contributed by atoms with Gasteiger partial charge in [-0.05, 0) is 20.8 Å². The Morgan fingerprint density at radius 1 is 1.00 bits per heavy atom. The van der Waals surface area contributed by atoms with Crippen molar-refractivity contribution in [2.45, 2.75) is 27.2 Å². The quantitative estimate of drug-likeness (QED) is 0.668. The molecule has 0 atom stereocenters.